The fourth-order valence-electron chi connectivity index (χ4n) is 4.57. The van der Waals surface area contributed by atoms with Crippen LogP contribution in [0.3, 0.4) is 0 Å². The average molecular weight is 526 g/mol. The number of pyridine rings is 1. The monoisotopic (exact) mass is 525 g/mol. The molecule has 3 aliphatic rings. The molecule has 35 heavy (non-hydrogen) atoms. The zero-order valence-corrected chi connectivity index (χ0v) is 20.9. The summed E-state index contributed by atoms with van der Waals surface area (Å²) in [5, 5.41) is 0.000997. The Balaban J connectivity index is 1.35. The molecule has 1 aromatic heterocycles. The van der Waals surface area contributed by atoms with Crippen molar-refractivity contribution in [2.75, 3.05) is 13.1 Å². The van der Waals surface area contributed by atoms with Crippen molar-refractivity contribution in [3.05, 3.63) is 63.9 Å². The van der Waals surface area contributed by atoms with Crippen LogP contribution in [-0.2, 0) is 26.4 Å². The number of benzene rings is 1. The molecule has 1 saturated heterocycles. The van der Waals surface area contributed by atoms with Crippen LogP contribution in [-0.4, -0.2) is 46.6 Å². The van der Waals surface area contributed by atoms with Gasteiger partial charge in [-0.25, -0.2) is 14.2 Å². The molecule has 1 spiro atoms. The maximum absolute atomic E-state index is 14.3. The second-order valence-corrected chi connectivity index (χ2v) is 11.4. The van der Waals surface area contributed by atoms with Crippen LogP contribution in [0.5, 0.6) is 0 Å². The Kier molecular flexibility index (Phi) is 5.65. The van der Waals surface area contributed by atoms with E-state index < -0.39 is 28.2 Å². The van der Waals surface area contributed by atoms with Crippen LogP contribution in [0.25, 0.3) is 0 Å². The summed E-state index contributed by atoms with van der Waals surface area (Å²) in [5.41, 5.74) is 1.39. The van der Waals surface area contributed by atoms with E-state index >= 15 is 0 Å². The van der Waals surface area contributed by atoms with Gasteiger partial charge >= 0.3 is 12.3 Å². The number of halogens is 4. The molecule has 186 valence electrons. The Morgan fingerprint density at radius 3 is 2.60 bits per heavy atom. The highest BCUT2D eigenvalue weighted by atomic mass is 35.5. The first-order chi connectivity index (χ1) is 16.3. The Labute approximate surface area is 210 Å². The highest BCUT2D eigenvalue weighted by molar-refractivity contribution is 7.99. The normalized spacial score (nSPS) is 23.2. The van der Waals surface area contributed by atoms with Crippen LogP contribution >= 0.6 is 23.5 Å². The molecule has 0 N–H and O–H groups in total. The standard InChI is InChI=1S/C24H23ClF3N3O3S/c1-21(2,3)34-20(32)31-12-22(13-31)16-8-7-14(9-15(16)11-33-22)17-10-23(35-30-17,24(26,27)28)18-5-4-6-19(25)29-18/h4-9H,10-13H2,1-3H3. The smallest absolute Gasteiger partial charge is 0.410 e. The molecule has 4 heterocycles. The molecule has 1 aromatic carbocycles. The van der Waals surface area contributed by atoms with Gasteiger partial charge < -0.3 is 14.4 Å². The van der Waals surface area contributed by atoms with Gasteiger partial charge in [0.05, 0.1) is 31.1 Å². The molecule has 0 aliphatic carbocycles. The molecular formula is C24H23ClF3N3O3S. The van der Waals surface area contributed by atoms with E-state index in [1.54, 1.807) is 11.0 Å². The minimum Gasteiger partial charge on any atom is -0.444 e. The van der Waals surface area contributed by atoms with Gasteiger partial charge in [0.25, 0.3) is 0 Å². The van der Waals surface area contributed by atoms with E-state index in [0.29, 0.717) is 42.9 Å². The summed E-state index contributed by atoms with van der Waals surface area (Å²) in [7, 11) is 0. The lowest BCUT2D eigenvalue weighted by Crippen LogP contribution is -2.61. The van der Waals surface area contributed by atoms with Gasteiger partial charge in [-0.3, -0.25) is 0 Å². The molecule has 1 amide bonds. The number of ether oxygens (including phenoxy) is 2. The summed E-state index contributed by atoms with van der Waals surface area (Å²) in [5.74, 6) is 0. The third kappa shape index (κ3) is 4.19. The first kappa shape index (κ1) is 24.4. The molecule has 11 heteroatoms. The zero-order valence-electron chi connectivity index (χ0n) is 19.3. The second-order valence-electron chi connectivity index (χ2n) is 9.97. The summed E-state index contributed by atoms with van der Waals surface area (Å²) in [6.07, 6.45) is -5.33. The van der Waals surface area contributed by atoms with Crippen molar-refractivity contribution in [1.29, 1.82) is 0 Å². The zero-order chi connectivity index (χ0) is 25.2. The number of rotatable bonds is 2. The van der Waals surface area contributed by atoms with E-state index in [1.165, 1.54) is 18.2 Å². The van der Waals surface area contributed by atoms with E-state index in [0.717, 1.165) is 11.1 Å². The van der Waals surface area contributed by atoms with E-state index in [9.17, 15) is 18.0 Å². The lowest BCUT2D eigenvalue weighted by atomic mass is 9.84. The van der Waals surface area contributed by atoms with Crippen LogP contribution in [0.2, 0.25) is 5.15 Å². The number of carbonyl (C=O) groups is 1. The third-order valence-corrected chi connectivity index (χ3v) is 7.71. The fourth-order valence-corrected chi connectivity index (χ4v) is 5.69. The molecule has 2 aromatic rings. The third-order valence-electron chi connectivity index (χ3n) is 6.29. The van der Waals surface area contributed by atoms with Gasteiger partial charge in [-0.15, -0.1) is 0 Å². The van der Waals surface area contributed by atoms with Crippen molar-refractivity contribution in [3.63, 3.8) is 0 Å². The highest BCUT2D eigenvalue weighted by Crippen LogP contribution is 2.56. The molecule has 1 unspecified atom stereocenters. The number of likely N-dealkylation sites (tertiary alicyclic amines) is 1. The van der Waals surface area contributed by atoms with Crippen molar-refractivity contribution in [2.24, 2.45) is 4.40 Å². The van der Waals surface area contributed by atoms with Crippen LogP contribution < -0.4 is 0 Å². The van der Waals surface area contributed by atoms with Crippen molar-refractivity contribution in [2.45, 2.75) is 55.9 Å². The largest absolute Gasteiger partial charge is 0.444 e. The predicted octanol–water partition coefficient (Wildman–Crippen LogP) is 6.01. The summed E-state index contributed by atoms with van der Waals surface area (Å²) >= 11 is 6.36. The topological polar surface area (TPSA) is 64.0 Å². The SMILES string of the molecule is CC(C)(C)OC(=O)N1CC2(C1)OCc1cc(C3=NSC(c4cccc(Cl)n4)(C(F)(F)F)C3)ccc12. The number of amides is 1. The maximum Gasteiger partial charge on any atom is 0.410 e. The summed E-state index contributed by atoms with van der Waals surface area (Å²) in [6.45, 7) is 6.47. The van der Waals surface area contributed by atoms with E-state index in [1.807, 2.05) is 32.9 Å². The fraction of sp³-hybridized carbons (Fsp3) is 0.458. The van der Waals surface area contributed by atoms with Crippen molar-refractivity contribution in [1.82, 2.24) is 9.88 Å². The number of nitrogens with zero attached hydrogens (tertiary/aromatic N) is 3. The van der Waals surface area contributed by atoms with Gasteiger partial charge in [0.15, 0.2) is 4.75 Å². The molecule has 0 bridgehead atoms. The van der Waals surface area contributed by atoms with Crippen LogP contribution in [0, 0.1) is 0 Å². The van der Waals surface area contributed by atoms with Gasteiger partial charge in [-0.05, 0) is 67.6 Å². The van der Waals surface area contributed by atoms with E-state index in [2.05, 4.69) is 9.38 Å². The Morgan fingerprint density at radius 1 is 1.20 bits per heavy atom. The molecule has 0 radical (unpaired) electrons. The number of aromatic nitrogens is 1. The molecule has 6 nitrogen and oxygen atoms in total. The Bertz CT molecular complexity index is 1220. The first-order valence-corrected chi connectivity index (χ1v) is 12.2. The van der Waals surface area contributed by atoms with Crippen molar-refractivity contribution >= 4 is 35.4 Å². The molecule has 3 aliphatic heterocycles. The van der Waals surface area contributed by atoms with Crippen molar-refractivity contribution < 1.29 is 27.4 Å². The number of carbonyl (C=O) groups excluding carboxylic acids is 1. The summed E-state index contributed by atoms with van der Waals surface area (Å²) in [4.78, 5) is 17.9. The number of hydrogen-bond acceptors (Lipinski definition) is 6. The van der Waals surface area contributed by atoms with Crippen LogP contribution in [0.1, 0.15) is 49.6 Å². The summed E-state index contributed by atoms with van der Waals surface area (Å²) < 4.78 is 56.2. The molecule has 0 saturated carbocycles. The van der Waals surface area contributed by atoms with E-state index in [-0.39, 0.29) is 17.3 Å². The Hall–Kier alpha value is -2.30. The highest BCUT2D eigenvalue weighted by Gasteiger charge is 2.61. The summed E-state index contributed by atoms with van der Waals surface area (Å²) in [6, 6.07) is 9.69. The number of alkyl halides is 3. The quantitative estimate of drug-likeness (QED) is 0.355. The lowest BCUT2D eigenvalue weighted by molar-refractivity contribution is -0.160. The van der Waals surface area contributed by atoms with E-state index in [4.69, 9.17) is 21.1 Å². The predicted molar refractivity (Wildman–Crippen MR) is 126 cm³/mol. The van der Waals surface area contributed by atoms with Gasteiger partial charge in [-0.1, -0.05) is 29.8 Å². The van der Waals surface area contributed by atoms with Crippen molar-refractivity contribution in [3.8, 4) is 0 Å². The number of fused-ring (bicyclic) bond motifs is 2. The van der Waals surface area contributed by atoms with Crippen LogP contribution in [0.4, 0.5) is 18.0 Å². The maximum atomic E-state index is 14.3. The minimum atomic E-state index is -4.58. The lowest BCUT2D eigenvalue weighted by Gasteiger charge is -2.47. The second kappa shape index (κ2) is 8.11. The van der Waals surface area contributed by atoms with Gasteiger partial charge in [0, 0.05) is 6.42 Å². The minimum absolute atomic E-state index is 0.000997. The Morgan fingerprint density at radius 2 is 1.94 bits per heavy atom. The first-order valence-electron chi connectivity index (χ1n) is 11.0. The van der Waals surface area contributed by atoms with Gasteiger partial charge in [0.2, 0.25) is 0 Å². The average Bonchev–Trinajstić information content (AvgIpc) is 3.34. The molecule has 1 fully saturated rings. The molecule has 1 atom stereocenters. The number of hydrogen-bond donors (Lipinski definition) is 0. The van der Waals surface area contributed by atoms with Gasteiger partial charge in [-0.2, -0.15) is 13.2 Å². The molecular weight excluding hydrogens is 503 g/mol. The van der Waals surface area contributed by atoms with Gasteiger partial charge in [0.1, 0.15) is 16.4 Å². The molecule has 5 rings (SSSR count). The van der Waals surface area contributed by atoms with Crippen LogP contribution in [0.15, 0.2) is 40.8 Å².